The Kier molecular flexibility index (Phi) is 2.54. The minimum Gasteiger partial charge on any atom is -0.327 e. The highest BCUT2D eigenvalue weighted by molar-refractivity contribution is 4.98. The highest BCUT2D eigenvalue weighted by Gasteiger charge is 2.57. The highest BCUT2D eigenvalue weighted by atomic mass is 19.3. The Morgan fingerprint density at radius 2 is 2.07 bits per heavy atom. The van der Waals surface area contributed by atoms with Crippen molar-refractivity contribution >= 4 is 0 Å². The maximum absolute atomic E-state index is 12.7. The van der Waals surface area contributed by atoms with Gasteiger partial charge in [-0.25, -0.2) is 8.78 Å². The topological polar surface area (TPSA) is 26.0 Å². The molecule has 2 aliphatic carbocycles. The lowest BCUT2D eigenvalue weighted by Gasteiger charge is -2.18. The Hall–Kier alpha value is -0.180. The van der Waals surface area contributed by atoms with E-state index in [4.69, 9.17) is 5.73 Å². The first-order valence-corrected chi connectivity index (χ1v) is 5.62. The van der Waals surface area contributed by atoms with Gasteiger partial charge in [-0.3, -0.25) is 0 Å². The van der Waals surface area contributed by atoms with E-state index in [-0.39, 0.29) is 12.5 Å². The van der Waals surface area contributed by atoms with Crippen LogP contribution >= 0.6 is 0 Å². The predicted octanol–water partition coefficient (Wildman–Crippen LogP) is 2.80. The molecule has 0 aliphatic heterocycles. The van der Waals surface area contributed by atoms with Crippen LogP contribution in [-0.4, -0.2) is 12.0 Å². The maximum Gasteiger partial charge on any atom is 0.251 e. The molecular formula is C11H19F2N. The molecule has 2 saturated carbocycles. The van der Waals surface area contributed by atoms with Crippen molar-refractivity contribution in [2.75, 3.05) is 0 Å². The van der Waals surface area contributed by atoms with Gasteiger partial charge in [0.2, 0.25) is 0 Å². The number of hydrogen-bond acceptors (Lipinski definition) is 1. The lowest BCUT2D eigenvalue weighted by molar-refractivity contribution is 0.0937. The van der Waals surface area contributed by atoms with Crippen molar-refractivity contribution in [2.24, 2.45) is 23.5 Å². The first-order valence-electron chi connectivity index (χ1n) is 5.62. The van der Waals surface area contributed by atoms with Crippen LogP contribution in [0.1, 0.15) is 39.0 Å². The van der Waals surface area contributed by atoms with Crippen LogP contribution < -0.4 is 5.73 Å². The van der Waals surface area contributed by atoms with E-state index in [0.29, 0.717) is 12.3 Å². The van der Waals surface area contributed by atoms with Crippen LogP contribution in [0.15, 0.2) is 0 Å². The van der Waals surface area contributed by atoms with Crippen molar-refractivity contribution in [3.63, 3.8) is 0 Å². The Morgan fingerprint density at radius 3 is 2.50 bits per heavy atom. The van der Waals surface area contributed by atoms with Crippen molar-refractivity contribution < 1.29 is 8.78 Å². The fourth-order valence-electron chi connectivity index (χ4n) is 2.69. The van der Waals surface area contributed by atoms with Gasteiger partial charge in [0.1, 0.15) is 0 Å². The van der Waals surface area contributed by atoms with Crippen molar-refractivity contribution in [3.05, 3.63) is 0 Å². The minimum absolute atomic E-state index is 0.0123. The number of halogens is 2. The zero-order chi connectivity index (χ0) is 10.3. The molecule has 0 saturated heterocycles. The molecule has 0 radical (unpaired) electrons. The molecule has 2 aliphatic rings. The third-order valence-corrected chi connectivity index (χ3v) is 3.85. The van der Waals surface area contributed by atoms with E-state index in [1.165, 1.54) is 6.42 Å². The second kappa shape index (κ2) is 3.44. The average molecular weight is 203 g/mol. The summed E-state index contributed by atoms with van der Waals surface area (Å²) in [4.78, 5) is 0. The molecule has 0 amide bonds. The van der Waals surface area contributed by atoms with Crippen molar-refractivity contribution in [2.45, 2.75) is 51.0 Å². The van der Waals surface area contributed by atoms with Crippen molar-refractivity contribution in [1.82, 2.24) is 0 Å². The van der Waals surface area contributed by atoms with Gasteiger partial charge < -0.3 is 5.73 Å². The Bertz CT molecular complexity index is 217. The molecule has 1 nitrogen and oxygen atoms in total. The molecule has 2 rings (SSSR count). The van der Waals surface area contributed by atoms with E-state index < -0.39 is 11.8 Å². The quantitative estimate of drug-likeness (QED) is 0.750. The van der Waals surface area contributed by atoms with Crippen molar-refractivity contribution in [3.8, 4) is 0 Å². The van der Waals surface area contributed by atoms with Gasteiger partial charge in [-0.15, -0.1) is 0 Å². The molecule has 0 spiro atoms. The van der Waals surface area contributed by atoms with Crippen molar-refractivity contribution in [1.29, 1.82) is 0 Å². The fourth-order valence-corrected chi connectivity index (χ4v) is 2.69. The van der Waals surface area contributed by atoms with Crippen LogP contribution in [0.4, 0.5) is 8.78 Å². The smallest absolute Gasteiger partial charge is 0.251 e. The van der Waals surface area contributed by atoms with Gasteiger partial charge in [0.15, 0.2) is 0 Å². The van der Waals surface area contributed by atoms with E-state index >= 15 is 0 Å². The van der Waals surface area contributed by atoms with Gasteiger partial charge in [-0.1, -0.05) is 13.3 Å². The summed E-state index contributed by atoms with van der Waals surface area (Å²) in [6, 6.07) is 0.0123. The fraction of sp³-hybridized carbons (Fsp3) is 1.00. The first-order chi connectivity index (χ1) is 6.49. The van der Waals surface area contributed by atoms with Gasteiger partial charge in [0, 0.05) is 18.4 Å². The zero-order valence-electron chi connectivity index (χ0n) is 8.68. The number of alkyl halides is 2. The summed E-state index contributed by atoms with van der Waals surface area (Å²) in [6.07, 6.45) is 4.10. The third-order valence-electron chi connectivity index (χ3n) is 3.85. The van der Waals surface area contributed by atoms with Crippen LogP contribution in [0.2, 0.25) is 0 Å². The molecule has 0 bridgehead atoms. The zero-order valence-corrected chi connectivity index (χ0v) is 8.68. The summed E-state index contributed by atoms with van der Waals surface area (Å²) < 4.78 is 25.3. The molecule has 4 atom stereocenters. The van der Waals surface area contributed by atoms with E-state index in [1.54, 1.807) is 0 Å². The number of nitrogens with two attached hydrogens (primary N) is 1. The van der Waals surface area contributed by atoms with Gasteiger partial charge in [0.05, 0.1) is 0 Å². The largest absolute Gasteiger partial charge is 0.327 e. The van der Waals surface area contributed by atoms with Gasteiger partial charge >= 0.3 is 0 Å². The van der Waals surface area contributed by atoms with Crippen LogP contribution in [-0.2, 0) is 0 Å². The summed E-state index contributed by atoms with van der Waals surface area (Å²) in [7, 11) is 0. The Balaban J connectivity index is 1.76. The average Bonchev–Trinajstić information content (AvgIpc) is 2.52. The molecule has 82 valence electrons. The number of hydrogen-bond donors (Lipinski definition) is 1. The van der Waals surface area contributed by atoms with Crippen LogP contribution in [0.5, 0.6) is 0 Å². The standard InChI is InChI=1S/C11H19F2N/c1-7-2-3-8(4-7)10(14)5-9-6-11(9,12)13/h7-10H,2-6,14H2,1H3. The maximum atomic E-state index is 12.7. The summed E-state index contributed by atoms with van der Waals surface area (Å²) in [6.45, 7) is 2.22. The monoisotopic (exact) mass is 203 g/mol. The Labute approximate surface area is 84.0 Å². The molecule has 2 fully saturated rings. The van der Waals surface area contributed by atoms with E-state index in [2.05, 4.69) is 6.92 Å². The lowest BCUT2D eigenvalue weighted by Crippen LogP contribution is -2.29. The van der Waals surface area contributed by atoms with E-state index in [1.807, 2.05) is 0 Å². The number of rotatable bonds is 3. The van der Waals surface area contributed by atoms with Crippen LogP contribution in [0, 0.1) is 17.8 Å². The summed E-state index contributed by atoms with van der Waals surface area (Å²) in [5, 5.41) is 0. The molecule has 0 aromatic heterocycles. The molecule has 0 aromatic rings. The van der Waals surface area contributed by atoms with E-state index in [9.17, 15) is 8.78 Å². The molecule has 4 unspecified atom stereocenters. The predicted molar refractivity (Wildman–Crippen MR) is 52.2 cm³/mol. The molecule has 0 heterocycles. The third kappa shape index (κ3) is 2.08. The normalized spacial score (nSPS) is 42.4. The lowest BCUT2D eigenvalue weighted by atomic mass is 9.93. The van der Waals surface area contributed by atoms with E-state index in [0.717, 1.165) is 18.8 Å². The first kappa shape index (κ1) is 10.3. The van der Waals surface area contributed by atoms with Gasteiger partial charge in [-0.2, -0.15) is 0 Å². The van der Waals surface area contributed by atoms with Gasteiger partial charge in [0.25, 0.3) is 5.92 Å². The second-order valence-corrected chi connectivity index (χ2v) is 5.24. The molecule has 3 heteroatoms. The minimum atomic E-state index is -2.39. The Morgan fingerprint density at radius 1 is 1.43 bits per heavy atom. The van der Waals surface area contributed by atoms with Crippen LogP contribution in [0.25, 0.3) is 0 Å². The highest BCUT2D eigenvalue weighted by Crippen LogP contribution is 2.52. The summed E-state index contributed by atoms with van der Waals surface area (Å²) >= 11 is 0. The van der Waals surface area contributed by atoms with Gasteiger partial charge in [-0.05, 0) is 31.1 Å². The second-order valence-electron chi connectivity index (χ2n) is 5.24. The molecule has 2 N–H and O–H groups in total. The van der Waals surface area contributed by atoms with Crippen LogP contribution in [0.3, 0.4) is 0 Å². The molecular weight excluding hydrogens is 184 g/mol. The summed E-state index contributed by atoms with van der Waals surface area (Å²) in [5.41, 5.74) is 5.97. The summed E-state index contributed by atoms with van der Waals surface area (Å²) in [5.74, 6) is -1.55. The molecule has 0 aromatic carbocycles. The SMILES string of the molecule is CC1CCC(C(N)CC2CC2(F)F)C1. The molecule has 14 heavy (non-hydrogen) atoms.